The van der Waals surface area contributed by atoms with Gasteiger partial charge in [-0.25, -0.2) is 14.4 Å². The Balaban J connectivity index is 1.89. The number of aryl methyl sites for hydroxylation is 2. The molecule has 0 fully saturated rings. The van der Waals surface area contributed by atoms with Crippen LogP contribution in [0.4, 0.5) is 10.1 Å². The minimum atomic E-state index is -0.239. The van der Waals surface area contributed by atoms with Crippen molar-refractivity contribution in [1.82, 2.24) is 9.97 Å². The van der Waals surface area contributed by atoms with Gasteiger partial charge in [0.2, 0.25) is 0 Å². The van der Waals surface area contributed by atoms with E-state index in [0.717, 1.165) is 11.3 Å². The van der Waals surface area contributed by atoms with Gasteiger partial charge >= 0.3 is 6.01 Å². The number of benzene rings is 1. The lowest BCUT2D eigenvalue weighted by atomic mass is 10.2. The lowest BCUT2D eigenvalue weighted by Gasteiger charge is -2.07. The van der Waals surface area contributed by atoms with Crippen LogP contribution in [0, 0.1) is 19.7 Å². The highest BCUT2D eigenvalue weighted by atomic mass is 19.1. The Bertz CT molecular complexity index is 641. The first-order valence-corrected chi connectivity index (χ1v) is 6.43. The second-order valence-corrected chi connectivity index (χ2v) is 4.66. The fourth-order valence-corrected chi connectivity index (χ4v) is 1.56. The van der Waals surface area contributed by atoms with Crippen LogP contribution in [-0.2, 0) is 0 Å². The van der Waals surface area contributed by atoms with Crippen molar-refractivity contribution in [3.63, 3.8) is 0 Å². The Kier molecular flexibility index (Phi) is 4.71. The molecule has 0 aliphatic heterocycles. The van der Waals surface area contributed by atoms with Gasteiger partial charge in [-0.1, -0.05) is 0 Å². The molecule has 5 nitrogen and oxygen atoms in total. The molecule has 2 aromatic rings. The van der Waals surface area contributed by atoms with Crippen LogP contribution in [0.3, 0.4) is 0 Å². The number of nitrogens with zero attached hydrogens (tertiary/aromatic N) is 2. The summed E-state index contributed by atoms with van der Waals surface area (Å²) >= 11 is 0. The molecule has 2 rings (SSSR count). The molecule has 1 aromatic heterocycles. The van der Waals surface area contributed by atoms with Gasteiger partial charge in [0.1, 0.15) is 12.4 Å². The summed E-state index contributed by atoms with van der Waals surface area (Å²) in [6.45, 7) is 3.76. The lowest BCUT2D eigenvalue weighted by molar-refractivity contribution is 0.321. The van der Waals surface area contributed by atoms with Crippen LogP contribution >= 0.6 is 0 Å². The molecule has 1 heterocycles. The van der Waals surface area contributed by atoms with Crippen LogP contribution in [0.5, 0.6) is 6.01 Å². The molecule has 0 aliphatic rings. The van der Waals surface area contributed by atoms with Crippen molar-refractivity contribution in [2.24, 2.45) is 5.73 Å². The first-order chi connectivity index (χ1) is 10.0. The monoisotopic (exact) mass is 288 g/mol. The summed E-state index contributed by atoms with van der Waals surface area (Å²) in [6, 6.07) is 5.01. The third-order valence-electron chi connectivity index (χ3n) is 2.71. The van der Waals surface area contributed by atoms with E-state index in [1.54, 1.807) is 37.7 Å². The van der Waals surface area contributed by atoms with Crippen LogP contribution in [0.1, 0.15) is 11.1 Å². The van der Waals surface area contributed by atoms with Crippen molar-refractivity contribution in [3.05, 3.63) is 59.4 Å². The van der Waals surface area contributed by atoms with Gasteiger partial charge in [-0.15, -0.1) is 0 Å². The fourth-order valence-electron chi connectivity index (χ4n) is 1.56. The number of aromatic nitrogens is 2. The molecule has 21 heavy (non-hydrogen) atoms. The van der Waals surface area contributed by atoms with Crippen molar-refractivity contribution in [1.29, 1.82) is 0 Å². The van der Waals surface area contributed by atoms with E-state index in [1.165, 1.54) is 6.07 Å². The summed E-state index contributed by atoms with van der Waals surface area (Å²) in [7, 11) is 0. The maximum atomic E-state index is 13.1. The number of ether oxygens (including phenoxy) is 1. The average Bonchev–Trinajstić information content (AvgIpc) is 2.48. The van der Waals surface area contributed by atoms with Gasteiger partial charge < -0.3 is 15.8 Å². The minimum absolute atomic E-state index is 0.163. The molecule has 0 amide bonds. The van der Waals surface area contributed by atoms with Gasteiger partial charge in [0.15, 0.2) is 0 Å². The maximum Gasteiger partial charge on any atom is 0.316 e. The van der Waals surface area contributed by atoms with Crippen LogP contribution in [0.15, 0.2) is 42.5 Å². The topological polar surface area (TPSA) is 73.1 Å². The fraction of sp³-hybridized carbons (Fsp3) is 0.200. The smallest absolute Gasteiger partial charge is 0.316 e. The van der Waals surface area contributed by atoms with Crippen LogP contribution in [0.25, 0.3) is 0 Å². The molecule has 0 unspecified atom stereocenters. The molecule has 0 spiro atoms. The summed E-state index contributed by atoms with van der Waals surface area (Å²) in [5, 5.41) is 2.98. The van der Waals surface area contributed by atoms with Crippen molar-refractivity contribution in [2.45, 2.75) is 13.8 Å². The van der Waals surface area contributed by atoms with E-state index < -0.39 is 0 Å². The number of rotatable bonds is 5. The number of hydrogen-bond donors (Lipinski definition) is 2. The minimum Gasteiger partial charge on any atom is -0.457 e. The largest absolute Gasteiger partial charge is 0.457 e. The normalized spacial score (nSPS) is 11.3. The predicted molar refractivity (Wildman–Crippen MR) is 79.3 cm³/mol. The van der Waals surface area contributed by atoms with Crippen molar-refractivity contribution in [3.8, 4) is 6.01 Å². The first kappa shape index (κ1) is 14.8. The van der Waals surface area contributed by atoms with Crippen LogP contribution in [-0.4, -0.2) is 16.6 Å². The third kappa shape index (κ3) is 4.45. The first-order valence-electron chi connectivity index (χ1n) is 6.43. The van der Waals surface area contributed by atoms with Crippen molar-refractivity contribution in [2.75, 3.05) is 11.9 Å². The highest BCUT2D eigenvalue weighted by Gasteiger charge is 2.00. The molecule has 0 radical (unpaired) electrons. The van der Waals surface area contributed by atoms with Gasteiger partial charge in [-0.05, 0) is 43.2 Å². The van der Waals surface area contributed by atoms with E-state index in [-0.39, 0.29) is 18.4 Å². The van der Waals surface area contributed by atoms with E-state index in [9.17, 15) is 4.39 Å². The Morgan fingerprint density at radius 3 is 2.71 bits per heavy atom. The molecule has 6 heteroatoms. The molecule has 0 aliphatic carbocycles. The van der Waals surface area contributed by atoms with Crippen LogP contribution < -0.4 is 15.8 Å². The average molecular weight is 288 g/mol. The van der Waals surface area contributed by atoms with Gasteiger partial charge in [0.25, 0.3) is 0 Å². The summed E-state index contributed by atoms with van der Waals surface area (Å²) in [5.41, 5.74) is 8.56. The second kappa shape index (κ2) is 6.69. The molecule has 0 atom stereocenters. The second-order valence-electron chi connectivity index (χ2n) is 4.66. The van der Waals surface area contributed by atoms with Gasteiger partial charge in [-0.2, -0.15) is 0 Å². The molecular weight excluding hydrogens is 271 g/mol. The Hall–Kier alpha value is -2.63. The summed E-state index contributed by atoms with van der Waals surface area (Å²) in [6.07, 6.45) is 4.93. The zero-order chi connectivity index (χ0) is 15.2. The lowest BCUT2D eigenvalue weighted by Crippen LogP contribution is -2.12. The number of hydrogen-bond acceptors (Lipinski definition) is 5. The third-order valence-corrected chi connectivity index (χ3v) is 2.71. The van der Waals surface area contributed by atoms with E-state index in [4.69, 9.17) is 10.5 Å². The Morgan fingerprint density at radius 2 is 2.05 bits per heavy atom. The maximum absolute atomic E-state index is 13.1. The zero-order valence-corrected chi connectivity index (χ0v) is 11.9. The molecule has 0 bridgehead atoms. The van der Waals surface area contributed by atoms with Gasteiger partial charge in [-0.3, -0.25) is 0 Å². The standard InChI is InChI=1S/C15H17FN4O/c1-10-6-19-15(20-7-10)21-9-12(17)8-18-13-3-4-14(16)11(2)5-13/h3-8,18H,9,17H2,1-2H3/b12-8-. The Labute approximate surface area is 122 Å². The highest BCUT2D eigenvalue weighted by molar-refractivity contribution is 5.48. The molecule has 1 aromatic carbocycles. The van der Waals surface area contributed by atoms with E-state index in [0.29, 0.717) is 11.3 Å². The number of nitrogens with two attached hydrogens (primary N) is 1. The molecule has 3 N–H and O–H groups in total. The number of nitrogens with one attached hydrogen (secondary N) is 1. The van der Waals surface area contributed by atoms with Crippen molar-refractivity contribution >= 4 is 5.69 Å². The molecule has 0 saturated heterocycles. The van der Waals surface area contributed by atoms with E-state index in [2.05, 4.69) is 15.3 Å². The quantitative estimate of drug-likeness (QED) is 0.884. The van der Waals surface area contributed by atoms with Crippen LogP contribution in [0.2, 0.25) is 0 Å². The predicted octanol–water partition coefficient (Wildman–Crippen LogP) is 2.52. The summed E-state index contributed by atoms with van der Waals surface area (Å²) in [5.74, 6) is -0.239. The molecular formula is C15H17FN4O. The molecule has 0 saturated carbocycles. The zero-order valence-electron chi connectivity index (χ0n) is 11.9. The van der Waals surface area contributed by atoms with Gasteiger partial charge in [0.05, 0.1) is 5.70 Å². The van der Waals surface area contributed by atoms with Gasteiger partial charge in [0, 0.05) is 24.3 Å². The summed E-state index contributed by atoms with van der Waals surface area (Å²) < 4.78 is 18.5. The molecule has 110 valence electrons. The SMILES string of the molecule is Cc1cnc(OC/C(N)=C/Nc2ccc(F)c(C)c2)nc1. The number of halogens is 1. The highest BCUT2D eigenvalue weighted by Crippen LogP contribution is 2.13. The Morgan fingerprint density at radius 1 is 1.33 bits per heavy atom. The summed E-state index contributed by atoms with van der Waals surface area (Å²) in [4.78, 5) is 8.02. The van der Waals surface area contributed by atoms with E-state index in [1.807, 2.05) is 6.92 Å². The van der Waals surface area contributed by atoms with E-state index >= 15 is 0 Å². The number of anilines is 1. The van der Waals surface area contributed by atoms with Crippen molar-refractivity contribution < 1.29 is 9.13 Å².